The molecule has 1 fully saturated rings. The average Bonchev–Trinajstić information content (AvgIpc) is 3.21. The van der Waals surface area contributed by atoms with Gasteiger partial charge in [-0.2, -0.15) is 4.31 Å². The van der Waals surface area contributed by atoms with Crippen LogP contribution in [0.15, 0.2) is 53.4 Å². The van der Waals surface area contributed by atoms with Crippen molar-refractivity contribution in [2.75, 3.05) is 18.4 Å². The Morgan fingerprint density at radius 1 is 1.00 bits per heavy atom. The highest BCUT2D eigenvalue weighted by molar-refractivity contribution is 7.89. The van der Waals surface area contributed by atoms with Crippen LogP contribution in [0.2, 0.25) is 0 Å². The molecule has 1 aliphatic carbocycles. The van der Waals surface area contributed by atoms with Gasteiger partial charge in [0, 0.05) is 24.8 Å². The number of carbonyl (C=O) groups excluding carboxylic acids is 1. The standard InChI is InChI=1S/C22H27N3O3S/c26-22(24-19-9-2-1-3-10-19)23-16-20-11-4-5-14-25(20)29(27,28)21-13-12-17-7-6-8-18(17)15-21/h1-3,9-10,12-13,15,20H,4-8,11,14,16H2,(H2,23,24,26)/t20-/m0/s1. The van der Waals surface area contributed by atoms with E-state index in [0.717, 1.165) is 44.1 Å². The first kappa shape index (κ1) is 19.9. The zero-order valence-corrected chi connectivity index (χ0v) is 17.2. The molecule has 0 radical (unpaired) electrons. The van der Waals surface area contributed by atoms with Gasteiger partial charge in [0.2, 0.25) is 10.0 Å². The number of urea groups is 1. The topological polar surface area (TPSA) is 78.5 Å². The van der Waals surface area contributed by atoms with E-state index in [0.29, 0.717) is 23.7 Å². The Morgan fingerprint density at radius 3 is 2.62 bits per heavy atom. The summed E-state index contributed by atoms with van der Waals surface area (Å²) in [6, 6.07) is 14.2. The Balaban J connectivity index is 1.45. The van der Waals surface area contributed by atoms with Gasteiger partial charge in [-0.1, -0.05) is 30.7 Å². The fourth-order valence-electron chi connectivity index (χ4n) is 4.25. The molecule has 2 aromatic carbocycles. The Hall–Kier alpha value is -2.38. The SMILES string of the molecule is O=C(NC[C@@H]1CCCCN1S(=O)(=O)c1ccc2c(c1)CCC2)Nc1ccccc1. The number of rotatable bonds is 5. The second kappa shape index (κ2) is 8.55. The molecule has 4 rings (SSSR count). The number of sulfonamides is 1. The van der Waals surface area contributed by atoms with E-state index in [1.165, 1.54) is 5.56 Å². The number of nitrogens with one attached hydrogen (secondary N) is 2. The van der Waals surface area contributed by atoms with Crippen molar-refractivity contribution in [1.82, 2.24) is 9.62 Å². The first-order valence-electron chi connectivity index (χ1n) is 10.3. The monoisotopic (exact) mass is 413 g/mol. The number of aryl methyl sites for hydroxylation is 2. The fraction of sp³-hybridized carbons (Fsp3) is 0.409. The molecule has 1 aliphatic heterocycles. The molecule has 2 N–H and O–H groups in total. The fourth-order valence-corrected chi connectivity index (χ4v) is 5.99. The average molecular weight is 414 g/mol. The number of fused-ring (bicyclic) bond motifs is 1. The highest BCUT2D eigenvalue weighted by Crippen LogP contribution is 2.29. The van der Waals surface area contributed by atoms with Crippen LogP contribution in [0.1, 0.15) is 36.8 Å². The first-order chi connectivity index (χ1) is 14.0. The van der Waals surface area contributed by atoms with Crippen LogP contribution in [0, 0.1) is 0 Å². The van der Waals surface area contributed by atoms with Crippen molar-refractivity contribution in [2.45, 2.75) is 49.5 Å². The molecule has 154 valence electrons. The van der Waals surface area contributed by atoms with Crippen molar-refractivity contribution >= 4 is 21.7 Å². The molecule has 0 bridgehead atoms. The number of amides is 2. The molecule has 29 heavy (non-hydrogen) atoms. The summed E-state index contributed by atoms with van der Waals surface area (Å²) in [5.41, 5.74) is 3.12. The zero-order chi connectivity index (χ0) is 20.3. The van der Waals surface area contributed by atoms with Crippen LogP contribution in [0.25, 0.3) is 0 Å². The number of hydrogen-bond acceptors (Lipinski definition) is 3. The quantitative estimate of drug-likeness (QED) is 0.787. The number of benzene rings is 2. The summed E-state index contributed by atoms with van der Waals surface area (Å²) in [6.45, 7) is 0.787. The van der Waals surface area contributed by atoms with Crippen LogP contribution >= 0.6 is 0 Å². The van der Waals surface area contributed by atoms with Gasteiger partial charge in [0.25, 0.3) is 0 Å². The lowest BCUT2D eigenvalue weighted by atomic mass is 10.1. The van der Waals surface area contributed by atoms with Gasteiger partial charge < -0.3 is 10.6 Å². The van der Waals surface area contributed by atoms with Gasteiger partial charge in [0.15, 0.2) is 0 Å². The predicted molar refractivity (Wildman–Crippen MR) is 113 cm³/mol. The molecule has 0 unspecified atom stereocenters. The van der Waals surface area contributed by atoms with E-state index in [9.17, 15) is 13.2 Å². The summed E-state index contributed by atoms with van der Waals surface area (Å²) >= 11 is 0. The van der Waals surface area contributed by atoms with Crippen molar-refractivity contribution in [3.05, 3.63) is 59.7 Å². The van der Waals surface area contributed by atoms with E-state index in [4.69, 9.17) is 0 Å². The second-order valence-corrected chi connectivity index (χ2v) is 9.64. The summed E-state index contributed by atoms with van der Waals surface area (Å²) in [5, 5.41) is 5.62. The van der Waals surface area contributed by atoms with E-state index >= 15 is 0 Å². The van der Waals surface area contributed by atoms with Gasteiger partial charge >= 0.3 is 6.03 Å². The molecule has 7 heteroatoms. The number of nitrogens with zero attached hydrogens (tertiary/aromatic N) is 1. The number of anilines is 1. The third kappa shape index (κ3) is 4.46. The van der Waals surface area contributed by atoms with Crippen molar-refractivity contribution < 1.29 is 13.2 Å². The number of carbonyl (C=O) groups is 1. The lowest BCUT2D eigenvalue weighted by Gasteiger charge is -2.34. The summed E-state index contributed by atoms with van der Waals surface area (Å²) in [4.78, 5) is 12.6. The molecule has 0 spiro atoms. The lowest BCUT2D eigenvalue weighted by Crippen LogP contribution is -2.49. The maximum atomic E-state index is 13.3. The molecule has 2 aromatic rings. The molecule has 0 aromatic heterocycles. The minimum Gasteiger partial charge on any atom is -0.336 e. The van der Waals surface area contributed by atoms with Gasteiger partial charge in [-0.05, 0) is 67.5 Å². The van der Waals surface area contributed by atoms with Crippen molar-refractivity contribution in [2.24, 2.45) is 0 Å². The van der Waals surface area contributed by atoms with Crippen molar-refractivity contribution in [1.29, 1.82) is 0 Å². The van der Waals surface area contributed by atoms with Gasteiger partial charge in [0.1, 0.15) is 0 Å². The van der Waals surface area contributed by atoms with Gasteiger partial charge in [0.05, 0.1) is 4.90 Å². The molecule has 1 saturated heterocycles. The highest BCUT2D eigenvalue weighted by atomic mass is 32.2. The van der Waals surface area contributed by atoms with Crippen molar-refractivity contribution in [3.8, 4) is 0 Å². The largest absolute Gasteiger partial charge is 0.336 e. The van der Waals surface area contributed by atoms with Crippen LogP contribution in [-0.4, -0.2) is 37.9 Å². The summed E-state index contributed by atoms with van der Waals surface area (Å²) < 4.78 is 28.2. The third-order valence-electron chi connectivity index (χ3n) is 5.78. The third-order valence-corrected chi connectivity index (χ3v) is 7.73. The number of para-hydroxylation sites is 1. The molecule has 0 saturated carbocycles. The minimum atomic E-state index is -3.58. The van der Waals surface area contributed by atoms with E-state index in [1.54, 1.807) is 10.4 Å². The Labute approximate surface area is 172 Å². The Kier molecular flexibility index (Phi) is 5.87. The zero-order valence-electron chi connectivity index (χ0n) is 16.4. The molecular weight excluding hydrogens is 386 g/mol. The maximum Gasteiger partial charge on any atom is 0.319 e. The molecular formula is C22H27N3O3S. The Bertz CT molecular complexity index is 976. The smallest absolute Gasteiger partial charge is 0.319 e. The van der Waals surface area contributed by atoms with E-state index in [2.05, 4.69) is 10.6 Å². The minimum absolute atomic E-state index is 0.233. The number of hydrogen-bond donors (Lipinski definition) is 2. The summed E-state index contributed by atoms with van der Waals surface area (Å²) in [5.74, 6) is 0. The van der Waals surface area contributed by atoms with Gasteiger partial charge in [-0.15, -0.1) is 0 Å². The van der Waals surface area contributed by atoms with E-state index in [1.807, 2.05) is 42.5 Å². The van der Waals surface area contributed by atoms with Crippen molar-refractivity contribution in [3.63, 3.8) is 0 Å². The normalized spacial score (nSPS) is 19.5. The van der Waals surface area contributed by atoms with Crippen LogP contribution < -0.4 is 10.6 Å². The van der Waals surface area contributed by atoms with E-state index < -0.39 is 10.0 Å². The highest BCUT2D eigenvalue weighted by Gasteiger charge is 2.34. The molecule has 1 heterocycles. The molecule has 2 aliphatic rings. The Morgan fingerprint density at radius 2 is 1.79 bits per heavy atom. The molecule has 1 atom stereocenters. The molecule has 6 nitrogen and oxygen atoms in total. The van der Waals surface area contributed by atoms with E-state index in [-0.39, 0.29) is 12.1 Å². The van der Waals surface area contributed by atoms with Gasteiger partial charge in [-0.25, -0.2) is 13.2 Å². The van der Waals surface area contributed by atoms with Crippen LogP contribution in [0.3, 0.4) is 0 Å². The van der Waals surface area contributed by atoms with Crippen LogP contribution in [0.4, 0.5) is 10.5 Å². The predicted octanol–water partition coefficient (Wildman–Crippen LogP) is 3.54. The van der Waals surface area contributed by atoms with Crippen LogP contribution in [0.5, 0.6) is 0 Å². The summed E-state index contributed by atoms with van der Waals surface area (Å²) in [6.07, 6.45) is 5.62. The first-order valence-corrected chi connectivity index (χ1v) is 11.7. The number of piperidine rings is 1. The maximum absolute atomic E-state index is 13.3. The van der Waals surface area contributed by atoms with Gasteiger partial charge in [-0.3, -0.25) is 0 Å². The lowest BCUT2D eigenvalue weighted by molar-refractivity contribution is 0.231. The molecule has 2 amide bonds. The second-order valence-electron chi connectivity index (χ2n) is 7.75. The summed E-state index contributed by atoms with van der Waals surface area (Å²) in [7, 11) is -3.58. The van der Waals surface area contributed by atoms with Crippen LogP contribution in [-0.2, 0) is 22.9 Å².